The summed E-state index contributed by atoms with van der Waals surface area (Å²) in [4.78, 5) is 37.0. The third kappa shape index (κ3) is 4.85. The summed E-state index contributed by atoms with van der Waals surface area (Å²) in [5.74, 6) is -0.867. The fourth-order valence-corrected chi connectivity index (χ4v) is 7.77. The Kier molecular flexibility index (Phi) is 8.12. The summed E-state index contributed by atoms with van der Waals surface area (Å²) in [6, 6.07) is 0. The molecule has 0 aliphatic heterocycles. The number of allylic oxidation sites excluding steroid dienone is 4. The van der Waals surface area contributed by atoms with Gasteiger partial charge in [-0.2, -0.15) is 0 Å². The molecule has 0 saturated heterocycles. The van der Waals surface area contributed by atoms with Crippen LogP contribution in [0.1, 0.15) is 58.8 Å². The Labute approximate surface area is 217 Å². The Bertz CT molecular complexity index is 969. The van der Waals surface area contributed by atoms with E-state index in [1.54, 1.807) is 12.2 Å². The van der Waals surface area contributed by atoms with Crippen molar-refractivity contribution in [2.24, 2.45) is 28.6 Å². The summed E-state index contributed by atoms with van der Waals surface area (Å²) < 4.78 is 10.4. The van der Waals surface area contributed by atoms with Crippen LogP contribution in [0.2, 0.25) is 0 Å². The number of rotatable bonds is 10. The molecule has 4 aliphatic carbocycles. The van der Waals surface area contributed by atoms with Crippen LogP contribution in [0.25, 0.3) is 0 Å². The summed E-state index contributed by atoms with van der Waals surface area (Å²) in [6.45, 7) is 2.92. The zero-order valence-electron chi connectivity index (χ0n) is 21.7. The summed E-state index contributed by atoms with van der Waals surface area (Å²) in [5, 5.41) is 41.1. The standard InChI is InChI=1S/C28H40O9/c1-26-9-7-18(31)12-17(26)5-6-20-21-8-10-28(35,27(21,2)13-22(32)25(20)26)23(33)16-36-11-3-4-24(34)37-19(14-29)15-30/h7,9,12,19-22,25,29-30,32,35H,3-6,8,10-11,13-16H2,1-2H3. The molecule has 0 amide bonds. The van der Waals surface area contributed by atoms with Crippen molar-refractivity contribution in [2.45, 2.75) is 76.6 Å². The lowest BCUT2D eigenvalue weighted by Crippen LogP contribution is -2.61. The number of carbonyl (C=O) groups excluding carboxylic acids is 3. The molecule has 0 spiro atoms. The Balaban J connectivity index is 1.37. The van der Waals surface area contributed by atoms with Crippen LogP contribution < -0.4 is 0 Å². The van der Waals surface area contributed by atoms with Gasteiger partial charge in [0.2, 0.25) is 0 Å². The van der Waals surface area contributed by atoms with Crippen LogP contribution in [0.3, 0.4) is 0 Å². The van der Waals surface area contributed by atoms with Gasteiger partial charge in [0, 0.05) is 29.8 Å². The first-order valence-electron chi connectivity index (χ1n) is 13.4. The van der Waals surface area contributed by atoms with Crippen molar-refractivity contribution in [3.05, 3.63) is 23.8 Å². The highest BCUT2D eigenvalue weighted by atomic mass is 16.6. The van der Waals surface area contributed by atoms with Gasteiger partial charge in [-0.05, 0) is 62.5 Å². The number of ketones is 2. The largest absolute Gasteiger partial charge is 0.457 e. The van der Waals surface area contributed by atoms with Gasteiger partial charge >= 0.3 is 5.97 Å². The van der Waals surface area contributed by atoms with Gasteiger partial charge in [0.25, 0.3) is 0 Å². The molecule has 7 atom stereocenters. The van der Waals surface area contributed by atoms with Crippen LogP contribution >= 0.6 is 0 Å². The molecule has 4 rings (SSSR count). The maximum atomic E-state index is 13.3. The molecule has 37 heavy (non-hydrogen) atoms. The molecule has 9 heteroatoms. The molecular formula is C28H40O9. The Morgan fingerprint density at radius 1 is 1.19 bits per heavy atom. The number of hydrogen-bond donors (Lipinski definition) is 4. The van der Waals surface area contributed by atoms with Gasteiger partial charge in [-0.25, -0.2) is 0 Å². The molecule has 3 fully saturated rings. The van der Waals surface area contributed by atoms with E-state index in [2.05, 4.69) is 6.92 Å². The minimum atomic E-state index is -1.60. The average Bonchev–Trinajstić information content (AvgIpc) is 3.13. The van der Waals surface area contributed by atoms with E-state index in [1.807, 2.05) is 13.0 Å². The van der Waals surface area contributed by atoms with Gasteiger partial charge < -0.3 is 29.9 Å². The second-order valence-electron chi connectivity index (χ2n) is 11.7. The predicted molar refractivity (Wildman–Crippen MR) is 132 cm³/mol. The van der Waals surface area contributed by atoms with E-state index in [4.69, 9.17) is 19.7 Å². The minimum Gasteiger partial charge on any atom is -0.457 e. The Hall–Kier alpha value is -1.91. The molecule has 7 unspecified atom stereocenters. The zero-order valence-corrected chi connectivity index (χ0v) is 21.7. The van der Waals surface area contributed by atoms with E-state index in [-0.39, 0.29) is 43.2 Å². The smallest absolute Gasteiger partial charge is 0.306 e. The van der Waals surface area contributed by atoms with E-state index >= 15 is 0 Å². The van der Waals surface area contributed by atoms with Crippen LogP contribution in [0, 0.1) is 28.6 Å². The zero-order chi connectivity index (χ0) is 27.0. The SMILES string of the molecule is CC12C=CC(=O)C=C1CCC1C2C(O)CC2(C)C1CCC2(O)C(=O)COCCCC(=O)OC(CO)CO. The van der Waals surface area contributed by atoms with E-state index in [1.165, 1.54) is 0 Å². The molecule has 206 valence electrons. The summed E-state index contributed by atoms with van der Waals surface area (Å²) in [5.41, 5.74) is -1.73. The van der Waals surface area contributed by atoms with Gasteiger partial charge in [0.1, 0.15) is 18.3 Å². The summed E-state index contributed by atoms with van der Waals surface area (Å²) in [6.07, 6.45) is 6.77. The fraction of sp³-hybridized carbons (Fsp3) is 0.750. The molecule has 0 bridgehead atoms. The quantitative estimate of drug-likeness (QED) is 0.246. The maximum absolute atomic E-state index is 13.3. The van der Waals surface area contributed by atoms with E-state index in [9.17, 15) is 24.6 Å². The Morgan fingerprint density at radius 2 is 1.92 bits per heavy atom. The molecule has 0 aromatic heterocycles. The van der Waals surface area contributed by atoms with Crippen molar-refractivity contribution in [3.63, 3.8) is 0 Å². The first-order valence-corrected chi connectivity index (χ1v) is 13.4. The topological polar surface area (TPSA) is 151 Å². The molecule has 0 aromatic rings. The third-order valence-corrected chi connectivity index (χ3v) is 9.72. The van der Waals surface area contributed by atoms with Crippen LogP contribution in [0.5, 0.6) is 0 Å². The predicted octanol–water partition coefficient (Wildman–Crippen LogP) is 1.26. The van der Waals surface area contributed by atoms with E-state index in [0.29, 0.717) is 25.7 Å². The van der Waals surface area contributed by atoms with Crippen molar-refractivity contribution < 1.29 is 44.3 Å². The maximum Gasteiger partial charge on any atom is 0.306 e. The molecule has 9 nitrogen and oxygen atoms in total. The highest BCUT2D eigenvalue weighted by molar-refractivity contribution is 6.01. The number of fused-ring (bicyclic) bond motifs is 5. The third-order valence-electron chi connectivity index (χ3n) is 9.72. The van der Waals surface area contributed by atoms with Crippen molar-refractivity contribution in [2.75, 3.05) is 26.4 Å². The van der Waals surface area contributed by atoms with Gasteiger partial charge in [0.05, 0.1) is 19.3 Å². The first-order chi connectivity index (χ1) is 17.5. The number of ether oxygens (including phenoxy) is 2. The van der Waals surface area contributed by atoms with Crippen LogP contribution in [-0.2, 0) is 23.9 Å². The molecule has 0 radical (unpaired) electrons. The normalized spacial score (nSPS) is 38.6. The first kappa shape index (κ1) is 28.1. The van der Waals surface area contributed by atoms with Crippen molar-refractivity contribution in [1.29, 1.82) is 0 Å². The molecule has 0 aromatic carbocycles. The molecule has 3 saturated carbocycles. The van der Waals surface area contributed by atoms with Gasteiger partial charge in [-0.1, -0.05) is 25.5 Å². The van der Waals surface area contributed by atoms with Crippen molar-refractivity contribution >= 4 is 17.5 Å². The van der Waals surface area contributed by atoms with E-state index < -0.39 is 53.6 Å². The minimum absolute atomic E-state index is 0.0131. The number of hydrogen-bond acceptors (Lipinski definition) is 9. The lowest BCUT2D eigenvalue weighted by Gasteiger charge is -2.59. The molecule has 4 aliphatic rings. The molecule has 0 heterocycles. The van der Waals surface area contributed by atoms with Crippen molar-refractivity contribution in [1.82, 2.24) is 0 Å². The lowest BCUT2D eigenvalue weighted by atomic mass is 9.46. The molecular weight excluding hydrogens is 480 g/mol. The number of esters is 1. The van der Waals surface area contributed by atoms with Crippen molar-refractivity contribution in [3.8, 4) is 0 Å². The number of aliphatic hydroxyl groups is 4. The van der Waals surface area contributed by atoms with Crippen LogP contribution in [0.4, 0.5) is 0 Å². The van der Waals surface area contributed by atoms with E-state index in [0.717, 1.165) is 18.4 Å². The summed E-state index contributed by atoms with van der Waals surface area (Å²) >= 11 is 0. The second-order valence-corrected chi connectivity index (χ2v) is 11.7. The number of aliphatic hydroxyl groups excluding tert-OH is 3. The monoisotopic (exact) mass is 520 g/mol. The number of Topliss-reactive ketones (excluding diaryl/α,β-unsaturated/α-hetero) is 1. The number of carbonyl (C=O) groups is 3. The summed E-state index contributed by atoms with van der Waals surface area (Å²) in [7, 11) is 0. The van der Waals surface area contributed by atoms with Crippen LogP contribution in [0.15, 0.2) is 23.8 Å². The lowest BCUT2D eigenvalue weighted by molar-refractivity contribution is -0.179. The highest BCUT2D eigenvalue weighted by Gasteiger charge is 2.68. The van der Waals surface area contributed by atoms with Gasteiger partial charge in [0.15, 0.2) is 11.6 Å². The second kappa shape index (κ2) is 10.7. The van der Waals surface area contributed by atoms with Crippen LogP contribution in [-0.4, -0.2) is 82.2 Å². The fourth-order valence-electron chi connectivity index (χ4n) is 7.77. The highest BCUT2D eigenvalue weighted by Crippen LogP contribution is 2.67. The van der Waals surface area contributed by atoms with Gasteiger partial charge in [-0.3, -0.25) is 14.4 Å². The van der Waals surface area contributed by atoms with Gasteiger partial charge in [-0.15, -0.1) is 0 Å². The molecule has 4 N–H and O–H groups in total. The Morgan fingerprint density at radius 3 is 2.62 bits per heavy atom. The average molecular weight is 521 g/mol.